The number of nitrogens with one attached hydrogen (secondary N) is 3. The Morgan fingerprint density at radius 1 is 1.16 bits per heavy atom. The molecule has 230 valence electrons. The number of fused-ring (bicyclic) bond motifs is 1. The van der Waals surface area contributed by atoms with Crippen LogP contribution in [0.3, 0.4) is 0 Å². The SMILES string of the molecule is COC(=O)N[C@@H](CC/C=C/C(=O)N1CCCC1)C(=O)Nc1cccn(Cc2cc3cc(F)cc(CC(C)(C)C)c3[nH]2)c1=O. The van der Waals surface area contributed by atoms with Gasteiger partial charge in [-0.2, -0.15) is 0 Å². The highest BCUT2D eigenvalue weighted by atomic mass is 19.1. The van der Waals surface area contributed by atoms with Crippen LogP contribution in [0.5, 0.6) is 0 Å². The largest absolute Gasteiger partial charge is 0.453 e. The number of H-pyrrole nitrogens is 1. The summed E-state index contributed by atoms with van der Waals surface area (Å²) in [5, 5.41) is 5.85. The number of alkyl carbamates (subject to hydrolysis) is 1. The molecule has 0 unspecified atom stereocenters. The van der Waals surface area contributed by atoms with E-state index in [-0.39, 0.29) is 35.8 Å². The summed E-state index contributed by atoms with van der Waals surface area (Å²) in [4.78, 5) is 55.7. The van der Waals surface area contributed by atoms with Crippen LogP contribution in [-0.4, -0.2) is 58.6 Å². The third-order valence-corrected chi connectivity index (χ3v) is 7.26. The first-order valence-corrected chi connectivity index (χ1v) is 14.5. The number of amides is 3. The van der Waals surface area contributed by atoms with Crippen LogP contribution in [0.4, 0.5) is 14.9 Å². The molecule has 0 radical (unpaired) electrons. The van der Waals surface area contributed by atoms with Crippen molar-refractivity contribution in [1.29, 1.82) is 0 Å². The number of halogens is 1. The topological polar surface area (TPSA) is 126 Å². The van der Waals surface area contributed by atoms with E-state index >= 15 is 0 Å². The fraction of sp³-hybridized carbons (Fsp3) is 0.438. The van der Waals surface area contributed by atoms with Crippen molar-refractivity contribution in [2.45, 2.75) is 65.5 Å². The van der Waals surface area contributed by atoms with Gasteiger partial charge < -0.3 is 29.8 Å². The second-order valence-corrected chi connectivity index (χ2v) is 12.1. The molecule has 0 bridgehead atoms. The molecule has 1 aliphatic rings. The zero-order chi connectivity index (χ0) is 31.1. The van der Waals surface area contributed by atoms with E-state index in [1.54, 1.807) is 23.2 Å². The summed E-state index contributed by atoms with van der Waals surface area (Å²) < 4.78 is 20.5. The molecular formula is C32H40FN5O5. The first-order chi connectivity index (χ1) is 20.4. The number of allylic oxidation sites excluding steroid dienone is 1. The molecule has 11 heteroatoms. The van der Waals surface area contributed by atoms with Gasteiger partial charge in [0.05, 0.1) is 13.7 Å². The predicted molar refractivity (Wildman–Crippen MR) is 163 cm³/mol. The van der Waals surface area contributed by atoms with Gasteiger partial charge in [-0.1, -0.05) is 26.8 Å². The molecule has 1 aromatic carbocycles. The van der Waals surface area contributed by atoms with E-state index in [4.69, 9.17) is 0 Å². The molecule has 1 aliphatic heterocycles. The molecule has 3 amide bonds. The van der Waals surface area contributed by atoms with Gasteiger partial charge in [-0.3, -0.25) is 14.4 Å². The second kappa shape index (κ2) is 13.7. The summed E-state index contributed by atoms with van der Waals surface area (Å²) in [7, 11) is 1.19. The lowest BCUT2D eigenvalue weighted by Gasteiger charge is -2.18. The number of benzene rings is 1. The molecule has 3 heterocycles. The normalized spacial score (nSPS) is 14.3. The average molecular weight is 594 g/mol. The van der Waals surface area contributed by atoms with Crippen molar-refractivity contribution in [3.8, 4) is 0 Å². The maximum absolute atomic E-state index is 14.3. The molecule has 1 atom stereocenters. The lowest BCUT2D eigenvalue weighted by Crippen LogP contribution is -2.44. The van der Waals surface area contributed by atoms with E-state index in [0.717, 1.165) is 42.4 Å². The molecule has 0 aliphatic carbocycles. The third kappa shape index (κ3) is 8.56. The van der Waals surface area contributed by atoms with Crippen LogP contribution in [0.25, 0.3) is 10.9 Å². The highest BCUT2D eigenvalue weighted by Crippen LogP contribution is 2.28. The number of carbonyl (C=O) groups is 3. The smallest absolute Gasteiger partial charge is 0.407 e. The first kappa shape index (κ1) is 31.5. The number of ether oxygens (including phenoxy) is 1. The van der Waals surface area contributed by atoms with Gasteiger partial charge in [0, 0.05) is 35.9 Å². The lowest BCUT2D eigenvalue weighted by atomic mass is 9.87. The van der Waals surface area contributed by atoms with Gasteiger partial charge in [-0.15, -0.1) is 0 Å². The van der Waals surface area contributed by atoms with E-state index in [1.807, 2.05) is 6.07 Å². The number of rotatable bonds is 10. The Balaban J connectivity index is 1.47. The van der Waals surface area contributed by atoms with Crippen LogP contribution < -0.4 is 16.2 Å². The monoisotopic (exact) mass is 593 g/mol. The maximum Gasteiger partial charge on any atom is 0.407 e. The lowest BCUT2D eigenvalue weighted by molar-refractivity contribution is -0.125. The Bertz CT molecular complexity index is 1560. The molecular weight excluding hydrogens is 553 g/mol. The minimum atomic E-state index is -1.00. The minimum absolute atomic E-state index is 0.0412. The molecule has 0 saturated carbocycles. The third-order valence-electron chi connectivity index (χ3n) is 7.26. The average Bonchev–Trinajstić information content (AvgIpc) is 3.62. The fourth-order valence-corrected chi connectivity index (χ4v) is 5.25. The Kier molecular flexibility index (Phi) is 10.1. The minimum Gasteiger partial charge on any atom is -0.453 e. The summed E-state index contributed by atoms with van der Waals surface area (Å²) in [6.45, 7) is 7.92. The molecule has 0 spiro atoms. The van der Waals surface area contributed by atoms with Crippen molar-refractivity contribution in [1.82, 2.24) is 19.8 Å². The molecule has 43 heavy (non-hydrogen) atoms. The van der Waals surface area contributed by atoms with Crippen molar-refractivity contribution in [2.75, 3.05) is 25.5 Å². The highest BCUT2D eigenvalue weighted by molar-refractivity contribution is 5.96. The number of carbonyl (C=O) groups excluding carboxylic acids is 3. The van der Waals surface area contributed by atoms with Crippen molar-refractivity contribution >= 4 is 34.5 Å². The fourth-order valence-electron chi connectivity index (χ4n) is 5.25. The molecule has 1 saturated heterocycles. The second-order valence-electron chi connectivity index (χ2n) is 12.1. The molecule has 3 aromatic rings. The summed E-state index contributed by atoms with van der Waals surface area (Å²) in [6.07, 6.45) is 7.17. The van der Waals surface area contributed by atoms with Crippen molar-refractivity contribution < 1.29 is 23.5 Å². The van der Waals surface area contributed by atoms with E-state index in [2.05, 4.69) is 41.1 Å². The summed E-state index contributed by atoms with van der Waals surface area (Å²) in [5.74, 6) is -0.981. The molecule has 2 aromatic heterocycles. The van der Waals surface area contributed by atoms with Crippen molar-refractivity contribution in [3.05, 3.63) is 76.1 Å². The van der Waals surface area contributed by atoms with Gasteiger partial charge in [-0.25, -0.2) is 9.18 Å². The van der Waals surface area contributed by atoms with Gasteiger partial charge in [0.15, 0.2) is 0 Å². The van der Waals surface area contributed by atoms with E-state index in [9.17, 15) is 23.6 Å². The number of pyridine rings is 1. The van der Waals surface area contributed by atoms with Gasteiger partial charge in [0.1, 0.15) is 17.5 Å². The Hall–Kier alpha value is -4.41. The van der Waals surface area contributed by atoms with Gasteiger partial charge >= 0.3 is 6.09 Å². The van der Waals surface area contributed by atoms with Gasteiger partial charge in [-0.05, 0) is 79.5 Å². The van der Waals surface area contributed by atoms with E-state index in [1.165, 1.54) is 36.0 Å². The van der Waals surface area contributed by atoms with Gasteiger partial charge in [0.25, 0.3) is 5.56 Å². The first-order valence-electron chi connectivity index (χ1n) is 14.5. The Labute approximate surface area is 250 Å². The van der Waals surface area contributed by atoms with Crippen LogP contribution in [0, 0.1) is 11.2 Å². The number of aromatic nitrogens is 2. The summed E-state index contributed by atoms with van der Waals surface area (Å²) >= 11 is 0. The summed E-state index contributed by atoms with van der Waals surface area (Å²) in [6, 6.07) is 6.95. The number of aromatic amines is 1. The molecule has 4 rings (SSSR count). The van der Waals surface area contributed by atoms with Crippen LogP contribution in [0.2, 0.25) is 0 Å². The quantitative estimate of drug-likeness (QED) is 0.293. The number of nitrogens with zero attached hydrogens (tertiary/aromatic N) is 2. The number of hydrogen-bond acceptors (Lipinski definition) is 5. The van der Waals surface area contributed by atoms with Crippen LogP contribution in [0.15, 0.2) is 53.5 Å². The number of anilines is 1. The van der Waals surface area contributed by atoms with Crippen LogP contribution in [-0.2, 0) is 27.3 Å². The molecule has 1 fully saturated rings. The highest BCUT2D eigenvalue weighted by Gasteiger charge is 2.22. The predicted octanol–water partition coefficient (Wildman–Crippen LogP) is 4.73. The van der Waals surface area contributed by atoms with Crippen molar-refractivity contribution in [3.63, 3.8) is 0 Å². The Morgan fingerprint density at radius 2 is 1.91 bits per heavy atom. The van der Waals surface area contributed by atoms with Crippen molar-refractivity contribution in [2.24, 2.45) is 5.41 Å². The zero-order valence-corrected chi connectivity index (χ0v) is 25.2. The zero-order valence-electron chi connectivity index (χ0n) is 25.2. The number of likely N-dealkylation sites (tertiary alicyclic amines) is 1. The number of hydrogen-bond donors (Lipinski definition) is 3. The van der Waals surface area contributed by atoms with Crippen LogP contribution >= 0.6 is 0 Å². The molecule has 10 nitrogen and oxygen atoms in total. The van der Waals surface area contributed by atoms with Gasteiger partial charge in [0.2, 0.25) is 11.8 Å². The van der Waals surface area contributed by atoms with Crippen LogP contribution in [0.1, 0.15) is 57.7 Å². The summed E-state index contributed by atoms with van der Waals surface area (Å²) in [5.41, 5.74) is 1.96. The molecule has 3 N–H and O–H groups in total. The number of methoxy groups -OCH3 is 1. The Morgan fingerprint density at radius 3 is 2.60 bits per heavy atom. The standard InChI is InChI=1S/C32H40FN5O5/c1-32(2,3)19-22-17-23(33)16-21-18-24(34-28(21)22)20-38-15-9-11-26(30(38)41)35-29(40)25(36-31(42)43-4)10-5-6-12-27(39)37-13-7-8-14-37/h6,9,11-12,15-18,25,34H,5,7-8,10,13-14,19-20H2,1-4H3,(H,35,40)(H,36,42)/b12-6+/t25-/m0/s1. The van der Waals surface area contributed by atoms with E-state index < -0.39 is 23.6 Å². The van der Waals surface area contributed by atoms with E-state index in [0.29, 0.717) is 18.5 Å². The maximum atomic E-state index is 14.3.